The molecule has 0 aromatic carbocycles. The van der Waals surface area contributed by atoms with Crippen molar-refractivity contribution in [1.29, 1.82) is 0 Å². The van der Waals surface area contributed by atoms with Gasteiger partial charge in [0.1, 0.15) is 6.10 Å². The van der Waals surface area contributed by atoms with Crippen LogP contribution in [-0.4, -0.2) is 33.9 Å². The Balaban J connectivity index is 1.55. The summed E-state index contributed by atoms with van der Waals surface area (Å²) in [6, 6.07) is 0. The standard InChI is InChI=1S/C32H54O5/c1-6-7-8-9-16-32(5,36)27-11-10-23-22-20-26(37-29(35)13-12-28(33)34)25-19-21(2)14-17-30(25,3)24(22)15-18-31(23,27)4/h21-27,36H,6-20H2,1-5H3,(H,33,34)/t21-,22-,23-,24-,25+,26-,27-,30+,31-,32-/m0/s1. The van der Waals surface area contributed by atoms with Crippen molar-refractivity contribution in [2.45, 2.75) is 143 Å². The van der Waals surface area contributed by atoms with Gasteiger partial charge in [0.25, 0.3) is 0 Å². The molecule has 37 heavy (non-hydrogen) atoms. The summed E-state index contributed by atoms with van der Waals surface area (Å²) in [5.41, 5.74) is -0.304. The van der Waals surface area contributed by atoms with Gasteiger partial charge in [0.05, 0.1) is 18.4 Å². The van der Waals surface area contributed by atoms with E-state index in [0.29, 0.717) is 35.5 Å². The summed E-state index contributed by atoms with van der Waals surface area (Å²) in [7, 11) is 0. The van der Waals surface area contributed by atoms with Crippen LogP contribution < -0.4 is 0 Å². The maximum Gasteiger partial charge on any atom is 0.306 e. The van der Waals surface area contributed by atoms with Crippen LogP contribution in [0.5, 0.6) is 0 Å². The van der Waals surface area contributed by atoms with Crippen LogP contribution in [0.25, 0.3) is 0 Å². The number of hydrogen-bond donors (Lipinski definition) is 2. The Bertz CT molecular complexity index is 822. The number of carbonyl (C=O) groups excluding carboxylic acids is 1. The van der Waals surface area contributed by atoms with E-state index in [1.165, 1.54) is 51.4 Å². The molecular formula is C32H54O5. The topological polar surface area (TPSA) is 83.8 Å². The van der Waals surface area contributed by atoms with Crippen LogP contribution >= 0.6 is 0 Å². The number of unbranched alkanes of at least 4 members (excludes halogenated alkanes) is 3. The molecule has 0 radical (unpaired) electrons. The van der Waals surface area contributed by atoms with Gasteiger partial charge in [-0.2, -0.15) is 0 Å². The minimum absolute atomic E-state index is 0.0387. The van der Waals surface area contributed by atoms with Gasteiger partial charge >= 0.3 is 11.9 Å². The number of hydrogen-bond acceptors (Lipinski definition) is 4. The normalized spacial score (nSPS) is 42.7. The molecule has 4 saturated carbocycles. The Morgan fingerprint density at radius 2 is 1.62 bits per heavy atom. The van der Waals surface area contributed by atoms with Crippen molar-refractivity contribution in [2.75, 3.05) is 0 Å². The highest BCUT2D eigenvalue weighted by Gasteiger charge is 2.64. The molecule has 212 valence electrons. The first kappa shape index (κ1) is 28.9. The van der Waals surface area contributed by atoms with Crippen molar-refractivity contribution in [2.24, 2.45) is 46.3 Å². The summed E-state index contributed by atoms with van der Waals surface area (Å²) in [6.07, 6.45) is 14.5. The Hall–Kier alpha value is -1.10. The molecule has 0 saturated heterocycles. The fourth-order valence-electron chi connectivity index (χ4n) is 10.1. The number of aliphatic carboxylic acids is 1. The molecule has 4 aliphatic carbocycles. The third-order valence-electron chi connectivity index (χ3n) is 12.0. The second-order valence-corrected chi connectivity index (χ2v) is 14.4. The van der Waals surface area contributed by atoms with Crippen molar-refractivity contribution in [1.82, 2.24) is 0 Å². The number of rotatable bonds is 10. The molecule has 10 atom stereocenters. The van der Waals surface area contributed by atoms with Gasteiger partial charge in [-0.25, -0.2) is 0 Å². The van der Waals surface area contributed by atoms with Crippen LogP contribution in [0.1, 0.15) is 131 Å². The smallest absolute Gasteiger partial charge is 0.306 e. The van der Waals surface area contributed by atoms with E-state index in [-0.39, 0.29) is 35.7 Å². The van der Waals surface area contributed by atoms with Crippen molar-refractivity contribution in [3.8, 4) is 0 Å². The lowest BCUT2D eigenvalue weighted by Gasteiger charge is -2.63. The van der Waals surface area contributed by atoms with Gasteiger partial charge < -0.3 is 14.9 Å². The highest BCUT2D eigenvalue weighted by molar-refractivity contribution is 5.76. The number of carboxylic acids is 1. The van der Waals surface area contributed by atoms with Gasteiger partial charge in [-0.1, -0.05) is 59.8 Å². The van der Waals surface area contributed by atoms with Crippen LogP contribution in [0.4, 0.5) is 0 Å². The zero-order valence-electron chi connectivity index (χ0n) is 24.3. The first-order valence-corrected chi connectivity index (χ1v) is 15.6. The Morgan fingerprint density at radius 1 is 0.919 bits per heavy atom. The molecule has 0 aromatic heterocycles. The lowest BCUT2D eigenvalue weighted by atomic mass is 9.43. The number of esters is 1. The molecular weight excluding hydrogens is 464 g/mol. The van der Waals surface area contributed by atoms with E-state index in [9.17, 15) is 14.7 Å². The van der Waals surface area contributed by atoms with Gasteiger partial charge in [-0.15, -0.1) is 0 Å². The highest BCUT2D eigenvalue weighted by atomic mass is 16.5. The van der Waals surface area contributed by atoms with Gasteiger partial charge in [0.15, 0.2) is 0 Å². The molecule has 4 fully saturated rings. The summed E-state index contributed by atoms with van der Waals surface area (Å²) in [5.74, 6) is 1.80. The average Bonchev–Trinajstić information content (AvgIpc) is 3.20. The molecule has 0 unspecified atom stereocenters. The molecule has 4 rings (SSSR count). The molecule has 0 amide bonds. The summed E-state index contributed by atoms with van der Waals surface area (Å²) in [4.78, 5) is 23.8. The van der Waals surface area contributed by atoms with E-state index < -0.39 is 11.6 Å². The van der Waals surface area contributed by atoms with Crippen molar-refractivity contribution in [3.63, 3.8) is 0 Å². The number of carboxylic acid groups (broad SMARTS) is 1. The van der Waals surface area contributed by atoms with Crippen LogP contribution in [-0.2, 0) is 14.3 Å². The quantitative estimate of drug-likeness (QED) is 0.233. The summed E-state index contributed by atoms with van der Waals surface area (Å²) < 4.78 is 6.17. The third-order valence-corrected chi connectivity index (χ3v) is 12.0. The van der Waals surface area contributed by atoms with E-state index >= 15 is 0 Å². The number of aliphatic hydroxyl groups is 1. The second kappa shape index (κ2) is 11.2. The second-order valence-electron chi connectivity index (χ2n) is 14.4. The predicted octanol–water partition coefficient (Wildman–Crippen LogP) is 7.39. The van der Waals surface area contributed by atoms with E-state index in [4.69, 9.17) is 9.84 Å². The molecule has 5 heteroatoms. The molecule has 5 nitrogen and oxygen atoms in total. The van der Waals surface area contributed by atoms with Gasteiger partial charge in [0, 0.05) is 5.92 Å². The molecule has 0 spiro atoms. The summed E-state index contributed by atoms with van der Waals surface area (Å²) in [5, 5.41) is 20.8. The predicted molar refractivity (Wildman–Crippen MR) is 146 cm³/mol. The first-order valence-electron chi connectivity index (χ1n) is 15.6. The van der Waals surface area contributed by atoms with E-state index in [0.717, 1.165) is 32.1 Å². The monoisotopic (exact) mass is 518 g/mol. The van der Waals surface area contributed by atoms with E-state index in [2.05, 4.69) is 34.6 Å². The van der Waals surface area contributed by atoms with Crippen molar-refractivity contribution in [3.05, 3.63) is 0 Å². The maximum atomic E-state index is 12.7. The van der Waals surface area contributed by atoms with Crippen molar-refractivity contribution < 1.29 is 24.5 Å². The molecule has 4 aliphatic rings. The fourth-order valence-corrected chi connectivity index (χ4v) is 10.1. The molecule has 2 N–H and O–H groups in total. The van der Waals surface area contributed by atoms with Crippen molar-refractivity contribution >= 4 is 11.9 Å². The zero-order valence-corrected chi connectivity index (χ0v) is 24.3. The lowest BCUT2D eigenvalue weighted by molar-refractivity contribution is -0.193. The SMILES string of the molecule is CCCCCC[C@](C)(O)[C@H]1CC[C@H]2[C@@H]3C[C@H](OC(=O)CCC(=O)O)[C@H]4C[C@@H](C)CC[C@]4(C)[C@H]3CC[C@@]21C. The minimum atomic E-state index is -0.946. The number of fused-ring (bicyclic) bond motifs is 5. The van der Waals surface area contributed by atoms with Gasteiger partial charge in [0.2, 0.25) is 0 Å². The average molecular weight is 519 g/mol. The van der Waals surface area contributed by atoms with Gasteiger partial charge in [-0.3, -0.25) is 9.59 Å². The van der Waals surface area contributed by atoms with E-state index in [1.54, 1.807) is 0 Å². The Kier molecular flexibility index (Phi) is 8.73. The van der Waals surface area contributed by atoms with E-state index in [1.807, 2.05) is 0 Å². The van der Waals surface area contributed by atoms with Crippen LogP contribution in [0.15, 0.2) is 0 Å². The van der Waals surface area contributed by atoms with Crippen LogP contribution in [0.2, 0.25) is 0 Å². The molecule has 0 aliphatic heterocycles. The maximum absolute atomic E-state index is 12.7. The first-order chi connectivity index (χ1) is 17.4. The number of carbonyl (C=O) groups is 2. The molecule has 0 heterocycles. The summed E-state index contributed by atoms with van der Waals surface area (Å²) in [6.45, 7) is 11.6. The zero-order chi connectivity index (χ0) is 27.0. The third kappa shape index (κ3) is 5.63. The Morgan fingerprint density at radius 3 is 2.32 bits per heavy atom. The lowest BCUT2D eigenvalue weighted by Crippen LogP contribution is -2.59. The van der Waals surface area contributed by atoms with Crippen LogP contribution in [0, 0.1) is 46.3 Å². The van der Waals surface area contributed by atoms with Crippen LogP contribution in [0.3, 0.4) is 0 Å². The van der Waals surface area contributed by atoms with Gasteiger partial charge in [-0.05, 0) is 98.7 Å². The Labute approximate surface area is 225 Å². The largest absolute Gasteiger partial charge is 0.481 e. The molecule has 0 aromatic rings. The fraction of sp³-hybridized carbons (Fsp3) is 0.938. The molecule has 0 bridgehead atoms. The highest BCUT2D eigenvalue weighted by Crippen LogP contribution is 2.69. The minimum Gasteiger partial charge on any atom is -0.481 e. The summed E-state index contributed by atoms with van der Waals surface area (Å²) >= 11 is 0. The number of ether oxygens (including phenoxy) is 1.